The first kappa shape index (κ1) is 12.9. The third-order valence-corrected chi connectivity index (χ3v) is 2.78. The number of carbonyl (C=O) groups excluding carboxylic acids is 1. The smallest absolute Gasteiger partial charge is 0.304 e. The van der Waals surface area contributed by atoms with E-state index in [1.807, 2.05) is 36.4 Å². The third-order valence-electron chi connectivity index (χ3n) is 2.78. The van der Waals surface area contributed by atoms with Crippen molar-refractivity contribution in [1.29, 1.82) is 5.26 Å². The molecule has 0 radical (unpaired) electrons. The zero-order valence-corrected chi connectivity index (χ0v) is 10.7. The number of hydrogen-bond donors (Lipinski definition) is 0. The molecule has 0 aliphatic heterocycles. The number of esters is 1. The van der Waals surface area contributed by atoms with Gasteiger partial charge in [-0.1, -0.05) is 18.2 Å². The Morgan fingerprint density at radius 1 is 1.21 bits per heavy atom. The van der Waals surface area contributed by atoms with Gasteiger partial charge in [0, 0.05) is 12.5 Å². The Kier molecular flexibility index (Phi) is 3.67. The van der Waals surface area contributed by atoms with Crippen molar-refractivity contribution in [3.63, 3.8) is 0 Å². The second-order valence-electron chi connectivity index (χ2n) is 4.09. The number of hydrogen-bond acceptors (Lipinski definition) is 4. The molecule has 0 N–H and O–H groups in total. The van der Waals surface area contributed by atoms with E-state index in [0.717, 1.165) is 16.5 Å². The van der Waals surface area contributed by atoms with Crippen LogP contribution < -0.4 is 4.74 Å². The van der Waals surface area contributed by atoms with Crippen LogP contribution in [0.15, 0.2) is 36.4 Å². The van der Waals surface area contributed by atoms with E-state index < -0.39 is 12.1 Å². The van der Waals surface area contributed by atoms with Gasteiger partial charge in [-0.3, -0.25) is 4.79 Å². The van der Waals surface area contributed by atoms with Crippen molar-refractivity contribution in [2.45, 2.75) is 13.0 Å². The Labute approximate surface area is 111 Å². The lowest BCUT2D eigenvalue weighted by atomic mass is 10.0. The van der Waals surface area contributed by atoms with E-state index in [0.29, 0.717) is 5.56 Å². The average Bonchev–Trinajstić information content (AvgIpc) is 2.43. The summed E-state index contributed by atoms with van der Waals surface area (Å²) in [5.74, 6) is 0.304. The van der Waals surface area contributed by atoms with Gasteiger partial charge in [-0.25, -0.2) is 0 Å². The highest BCUT2D eigenvalue weighted by Crippen LogP contribution is 2.25. The lowest BCUT2D eigenvalue weighted by Crippen LogP contribution is -2.06. The lowest BCUT2D eigenvalue weighted by molar-refractivity contribution is -0.144. The summed E-state index contributed by atoms with van der Waals surface area (Å²) < 4.78 is 10.1. The van der Waals surface area contributed by atoms with Gasteiger partial charge in [0.15, 0.2) is 0 Å². The van der Waals surface area contributed by atoms with Gasteiger partial charge in [0.1, 0.15) is 11.8 Å². The number of rotatable bonds is 3. The third kappa shape index (κ3) is 2.83. The molecule has 0 aliphatic rings. The molecule has 0 unspecified atom stereocenters. The van der Waals surface area contributed by atoms with Gasteiger partial charge in [-0.15, -0.1) is 0 Å². The van der Waals surface area contributed by atoms with Crippen molar-refractivity contribution in [1.82, 2.24) is 0 Å². The second-order valence-corrected chi connectivity index (χ2v) is 4.09. The van der Waals surface area contributed by atoms with Gasteiger partial charge in [0.2, 0.25) is 6.10 Å². The molecular weight excluding hydrogens is 242 g/mol. The predicted molar refractivity (Wildman–Crippen MR) is 70.6 cm³/mol. The van der Waals surface area contributed by atoms with Crippen LogP contribution in [0.25, 0.3) is 10.8 Å². The summed E-state index contributed by atoms with van der Waals surface area (Å²) in [4.78, 5) is 10.9. The van der Waals surface area contributed by atoms with Crippen LogP contribution in [0.3, 0.4) is 0 Å². The fourth-order valence-electron chi connectivity index (χ4n) is 1.87. The number of methoxy groups -OCH3 is 1. The maximum Gasteiger partial charge on any atom is 0.304 e. The van der Waals surface area contributed by atoms with E-state index in [9.17, 15) is 4.79 Å². The van der Waals surface area contributed by atoms with Crippen molar-refractivity contribution >= 4 is 16.7 Å². The summed E-state index contributed by atoms with van der Waals surface area (Å²) in [6.07, 6.45) is -0.871. The Morgan fingerprint density at radius 3 is 2.53 bits per heavy atom. The molecule has 2 rings (SSSR count). The van der Waals surface area contributed by atoms with Crippen molar-refractivity contribution in [2.75, 3.05) is 7.11 Å². The molecule has 19 heavy (non-hydrogen) atoms. The minimum atomic E-state index is -0.871. The molecule has 0 aliphatic carbocycles. The SMILES string of the molecule is COc1ccc2cc([C@@H](C#N)OC(C)=O)ccc2c1. The van der Waals surface area contributed by atoms with E-state index in [1.165, 1.54) is 6.92 Å². The van der Waals surface area contributed by atoms with Gasteiger partial charge in [-0.2, -0.15) is 5.26 Å². The summed E-state index contributed by atoms with van der Waals surface area (Å²) in [6.45, 7) is 1.29. The highest BCUT2D eigenvalue weighted by molar-refractivity contribution is 5.84. The topological polar surface area (TPSA) is 59.3 Å². The molecule has 0 amide bonds. The van der Waals surface area contributed by atoms with Gasteiger partial charge in [0.05, 0.1) is 7.11 Å². The Morgan fingerprint density at radius 2 is 1.89 bits per heavy atom. The largest absolute Gasteiger partial charge is 0.497 e. The highest BCUT2D eigenvalue weighted by atomic mass is 16.5. The Hall–Kier alpha value is -2.54. The van der Waals surface area contributed by atoms with Gasteiger partial charge in [0.25, 0.3) is 0 Å². The van der Waals surface area contributed by atoms with Crippen LogP contribution in [0.2, 0.25) is 0 Å². The van der Waals surface area contributed by atoms with Crippen LogP contribution >= 0.6 is 0 Å². The number of benzene rings is 2. The molecule has 0 fully saturated rings. The quantitative estimate of drug-likeness (QED) is 0.791. The minimum absolute atomic E-state index is 0.471. The molecule has 1 atom stereocenters. The van der Waals surface area contributed by atoms with Crippen LogP contribution in [0.4, 0.5) is 0 Å². The molecular formula is C15H13NO3. The van der Waals surface area contributed by atoms with Gasteiger partial charge < -0.3 is 9.47 Å². The van der Waals surface area contributed by atoms with Crippen molar-refractivity contribution < 1.29 is 14.3 Å². The average molecular weight is 255 g/mol. The van der Waals surface area contributed by atoms with E-state index in [4.69, 9.17) is 14.7 Å². The first-order valence-electron chi connectivity index (χ1n) is 5.78. The molecule has 0 spiro atoms. The Balaban J connectivity index is 2.41. The second kappa shape index (κ2) is 5.40. The zero-order chi connectivity index (χ0) is 13.8. The van der Waals surface area contributed by atoms with Gasteiger partial charge >= 0.3 is 5.97 Å². The number of carbonyl (C=O) groups is 1. The monoisotopic (exact) mass is 255 g/mol. The Bertz CT molecular complexity index is 658. The minimum Gasteiger partial charge on any atom is -0.497 e. The van der Waals surface area contributed by atoms with Crippen molar-refractivity contribution in [2.24, 2.45) is 0 Å². The molecule has 4 heteroatoms. The summed E-state index contributed by atoms with van der Waals surface area (Å²) in [6, 6.07) is 13.1. The van der Waals surface area contributed by atoms with E-state index >= 15 is 0 Å². The lowest BCUT2D eigenvalue weighted by Gasteiger charge is -2.11. The maximum atomic E-state index is 10.9. The molecule has 0 saturated carbocycles. The molecule has 0 saturated heterocycles. The molecule has 2 aromatic carbocycles. The number of nitrogens with zero attached hydrogens (tertiary/aromatic N) is 1. The zero-order valence-electron chi connectivity index (χ0n) is 10.7. The van der Waals surface area contributed by atoms with E-state index in [2.05, 4.69) is 0 Å². The molecule has 2 aromatic rings. The molecule has 0 aromatic heterocycles. The van der Waals surface area contributed by atoms with E-state index in [1.54, 1.807) is 13.2 Å². The summed E-state index contributed by atoms with van der Waals surface area (Å²) in [7, 11) is 1.61. The summed E-state index contributed by atoms with van der Waals surface area (Å²) in [5.41, 5.74) is 0.662. The predicted octanol–water partition coefficient (Wildman–Crippen LogP) is 2.98. The standard InChI is InChI=1S/C15H13NO3/c1-10(17)19-15(9-16)13-4-3-12-8-14(18-2)6-5-11(12)7-13/h3-8,15H,1-2H3/t15-/m1/s1. The molecule has 0 bridgehead atoms. The van der Waals surface area contributed by atoms with Crippen LogP contribution in [-0.2, 0) is 9.53 Å². The number of ether oxygens (including phenoxy) is 2. The summed E-state index contributed by atoms with van der Waals surface area (Å²) in [5, 5.41) is 11.0. The first-order valence-corrected chi connectivity index (χ1v) is 5.78. The normalized spacial score (nSPS) is 11.6. The number of fused-ring (bicyclic) bond motifs is 1. The van der Waals surface area contributed by atoms with E-state index in [-0.39, 0.29) is 0 Å². The van der Waals surface area contributed by atoms with Crippen LogP contribution in [0, 0.1) is 11.3 Å². The number of nitriles is 1. The van der Waals surface area contributed by atoms with Crippen LogP contribution in [0.1, 0.15) is 18.6 Å². The summed E-state index contributed by atoms with van der Waals surface area (Å²) >= 11 is 0. The van der Waals surface area contributed by atoms with Crippen LogP contribution in [0.5, 0.6) is 5.75 Å². The van der Waals surface area contributed by atoms with Crippen molar-refractivity contribution in [3.05, 3.63) is 42.0 Å². The maximum absolute atomic E-state index is 10.9. The van der Waals surface area contributed by atoms with Gasteiger partial charge in [-0.05, 0) is 29.0 Å². The molecule has 96 valence electrons. The van der Waals surface area contributed by atoms with Crippen LogP contribution in [-0.4, -0.2) is 13.1 Å². The fraction of sp³-hybridized carbons (Fsp3) is 0.200. The molecule has 4 nitrogen and oxygen atoms in total. The fourth-order valence-corrected chi connectivity index (χ4v) is 1.87. The first-order chi connectivity index (χ1) is 9.13. The molecule has 0 heterocycles. The van der Waals surface area contributed by atoms with Crippen molar-refractivity contribution in [3.8, 4) is 11.8 Å². The highest BCUT2D eigenvalue weighted by Gasteiger charge is 2.14.